The highest BCUT2D eigenvalue weighted by molar-refractivity contribution is 6.34. The maximum absolute atomic E-state index is 13.0. The molecule has 0 saturated heterocycles. The van der Waals surface area contributed by atoms with Crippen LogP contribution in [-0.4, -0.2) is 26.6 Å². The summed E-state index contributed by atoms with van der Waals surface area (Å²) in [7, 11) is 2.94. The zero-order valence-corrected chi connectivity index (χ0v) is 16.0. The van der Waals surface area contributed by atoms with Crippen LogP contribution in [0.4, 0.5) is 4.39 Å². The van der Waals surface area contributed by atoms with Gasteiger partial charge in [0.25, 0.3) is 0 Å². The third-order valence-electron chi connectivity index (χ3n) is 4.17. The highest BCUT2D eigenvalue weighted by Gasteiger charge is 2.23. The van der Waals surface area contributed by atoms with E-state index < -0.39 is 0 Å². The third kappa shape index (κ3) is 4.47. The molecule has 0 heterocycles. The van der Waals surface area contributed by atoms with Crippen molar-refractivity contribution in [2.24, 2.45) is 0 Å². The molecule has 0 N–H and O–H groups in total. The van der Waals surface area contributed by atoms with E-state index in [0.29, 0.717) is 24.5 Å². The van der Waals surface area contributed by atoms with E-state index in [1.54, 1.807) is 18.2 Å². The van der Waals surface area contributed by atoms with Gasteiger partial charge in [0.15, 0.2) is 17.3 Å². The fourth-order valence-corrected chi connectivity index (χ4v) is 3.01. The normalized spacial score (nSPS) is 11.8. The molecule has 4 nitrogen and oxygen atoms in total. The van der Waals surface area contributed by atoms with Crippen molar-refractivity contribution in [3.8, 4) is 17.2 Å². The lowest BCUT2D eigenvalue weighted by molar-refractivity contribution is 0.101. The lowest BCUT2D eigenvalue weighted by Crippen LogP contribution is -2.08. The minimum atomic E-state index is -0.260. The molecule has 2 aromatic carbocycles. The minimum Gasteiger partial charge on any atom is -0.493 e. The van der Waals surface area contributed by atoms with Gasteiger partial charge in [-0.1, -0.05) is 30.7 Å². The molecule has 0 fully saturated rings. The van der Waals surface area contributed by atoms with Crippen LogP contribution in [0.2, 0.25) is 5.02 Å². The Morgan fingerprint density at radius 1 is 1.15 bits per heavy atom. The highest BCUT2D eigenvalue weighted by atomic mass is 35.5. The number of benzene rings is 2. The summed E-state index contributed by atoms with van der Waals surface area (Å²) in [6.07, 6.45) is 0.690. The van der Waals surface area contributed by atoms with Gasteiger partial charge in [-0.25, -0.2) is 4.39 Å². The van der Waals surface area contributed by atoms with Crippen molar-refractivity contribution in [3.63, 3.8) is 0 Å². The first kappa shape index (κ1) is 20.0. The van der Waals surface area contributed by atoms with E-state index in [-0.39, 0.29) is 33.9 Å². The van der Waals surface area contributed by atoms with Gasteiger partial charge in [-0.05, 0) is 37.0 Å². The SMILES string of the molecule is COc1cc(Cl)c(C(C)=O)c(OC)c1OCCC(C)c1ccc(F)cc1. The molecule has 0 bridgehead atoms. The first-order chi connectivity index (χ1) is 12.4. The molecule has 1 unspecified atom stereocenters. The Morgan fingerprint density at radius 2 is 1.81 bits per heavy atom. The number of rotatable bonds is 8. The molecule has 1 atom stereocenters. The van der Waals surface area contributed by atoms with Gasteiger partial charge in [0.05, 0.1) is 31.4 Å². The second-order valence-corrected chi connectivity index (χ2v) is 6.35. The minimum absolute atomic E-state index is 0.173. The molecule has 26 heavy (non-hydrogen) atoms. The van der Waals surface area contributed by atoms with Gasteiger partial charge in [-0.2, -0.15) is 0 Å². The molecular formula is C20H22ClFO4. The summed E-state index contributed by atoms with van der Waals surface area (Å²) in [6.45, 7) is 3.81. The molecule has 0 aromatic heterocycles. The Morgan fingerprint density at radius 3 is 2.35 bits per heavy atom. The molecule has 0 amide bonds. The number of carbonyl (C=O) groups is 1. The first-order valence-electron chi connectivity index (χ1n) is 8.22. The van der Waals surface area contributed by atoms with E-state index >= 15 is 0 Å². The summed E-state index contributed by atoms with van der Waals surface area (Å²) in [5.74, 6) is 0.689. The summed E-state index contributed by atoms with van der Waals surface area (Å²) in [5, 5.41) is 0.248. The fourth-order valence-electron chi connectivity index (χ4n) is 2.69. The maximum Gasteiger partial charge on any atom is 0.204 e. The van der Waals surface area contributed by atoms with E-state index in [2.05, 4.69) is 0 Å². The van der Waals surface area contributed by atoms with Crippen molar-refractivity contribution >= 4 is 17.4 Å². The second kappa shape index (κ2) is 8.90. The van der Waals surface area contributed by atoms with Crippen LogP contribution >= 0.6 is 11.6 Å². The number of hydrogen-bond acceptors (Lipinski definition) is 4. The van der Waals surface area contributed by atoms with Crippen LogP contribution in [0.15, 0.2) is 30.3 Å². The van der Waals surface area contributed by atoms with Crippen molar-refractivity contribution in [2.75, 3.05) is 20.8 Å². The topological polar surface area (TPSA) is 44.8 Å². The third-order valence-corrected chi connectivity index (χ3v) is 4.46. The Labute approximate surface area is 157 Å². The van der Waals surface area contributed by atoms with Crippen LogP contribution in [0, 0.1) is 5.82 Å². The first-order valence-corrected chi connectivity index (χ1v) is 8.60. The Bertz CT molecular complexity index is 774. The predicted octanol–water partition coefficient (Wildman–Crippen LogP) is 5.27. The van der Waals surface area contributed by atoms with Crippen LogP contribution in [0.25, 0.3) is 0 Å². The molecule has 2 aromatic rings. The van der Waals surface area contributed by atoms with Crippen molar-refractivity contribution < 1.29 is 23.4 Å². The molecular weight excluding hydrogens is 359 g/mol. The molecule has 0 radical (unpaired) electrons. The Hall–Kier alpha value is -2.27. The maximum atomic E-state index is 13.0. The summed E-state index contributed by atoms with van der Waals surface area (Å²) < 4.78 is 29.6. The average Bonchev–Trinajstić information content (AvgIpc) is 2.61. The number of Topliss-reactive ketones (excluding diaryl/α,β-unsaturated/α-hetero) is 1. The van der Waals surface area contributed by atoms with Crippen molar-refractivity contribution in [3.05, 3.63) is 52.3 Å². The van der Waals surface area contributed by atoms with Gasteiger partial charge in [0.1, 0.15) is 5.82 Å². The molecule has 0 aliphatic carbocycles. The van der Waals surface area contributed by atoms with Crippen LogP contribution in [-0.2, 0) is 0 Å². The van der Waals surface area contributed by atoms with Crippen molar-refractivity contribution in [2.45, 2.75) is 26.2 Å². The van der Waals surface area contributed by atoms with Gasteiger partial charge < -0.3 is 14.2 Å². The molecule has 0 aliphatic heterocycles. The number of halogens is 2. The van der Waals surface area contributed by atoms with Crippen molar-refractivity contribution in [1.82, 2.24) is 0 Å². The smallest absolute Gasteiger partial charge is 0.204 e. The Kier molecular flexibility index (Phi) is 6.86. The lowest BCUT2D eigenvalue weighted by Gasteiger charge is -2.19. The van der Waals surface area contributed by atoms with Crippen molar-refractivity contribution in [1.29, 1.82) is 0 Å². The Balaban J connectivity index is 2.19. The van der Waals surface area contributed by atoms with Gasteiger partial charge in [0.2, 0.25) is 5.75 Å². The molecule has 0 spiro atoms. The van der Waals surface area contributed by atoms with Gasteiger partial charge in [-0.3, -0.25) is 4.79 Å². The summed E-state index contributed by atoms with van der Waals surface area (Å²) in [6, 6.07) is 7.95. The fraction of sp³-hybridized carbons (Fsp3) is 0.350. The lowest BCUT2D eigenvalue weighted by atomic mass is 9.98. The highest BCUT2D eigenvalue weighted by Crippen LogP contribution is 2.44. The molecule has 6 heteroatoms. The quantitative estimate of drug-likeness (QED) is 0.585. The summed E-state index contributed by atoms with van der Waals surface area (Å²) >= 11 is 6.17. The van der Waals surface area contributed by atoms with Gasteiger partial charge >= 0.3 is 0 Å². The standard InChI is InChI=1S/C20H22ClFO4/c1-12(14-5-7-15(22)8-6-14)9-10-26-19-17(24-3)11-16(21)18(13(2)23)20(19)25-4/h5-8,11-12H,9-10H2,1-4H3. The summed E-state index contributed by atoms with van der Waals surface area (Å²) in [5.41, 5.74) is 1.28. The van der Waals surface area contributed by atoms with E-state index in [4.69, 9.17) is 25.8 Å². The number of hydrogen-bond donors (Lipinski definition) is 0. The van der Waals surface area contributed by atoms with E-state index in [1.807, 2.05) is 6.92 Å². The zero-order valence-electron chi connectivity index (χ0n) is 15.3. The number of ether oxygens (including phenoxy) is 3. The zero-order chi connectivity index (χ0) is 19.3. The molecule has 0 aliphatic rings. The van der Waals surface area contributed by atoms with E-state index in [1.165, 1.54) is 33.3 Å². The summed E-state index contributed by atoms with van der Waals surface area (Å²) in [4.78, 5) is 11.9. The molecule has 140 valence electrons. The number of ketones is 1. The molecule has 2 rings (SSSR count). The largest absolute Gasteiger partial charge is 0.493 e. The second-order valence-electron chi connectivity index (χ2n) is 5.94. The van der Waals surface area contributed by atoms with Crippen LogP contribution < -0.4 is 14.2 Å². The monoisotopic (exact) mass is 380 g/mol. The predicted molar refractivity (Wildman–Crippen MR) is 99.5 cm³/mol. The van der Waals surface area contributed by atoms with Crippen LogP contribution in [0.5, 0.6) is 17.2 Å². The van der Waals surface area contributed by atoms with E-state index in [0.717, 1.165) is 5.56 Å². The average molecular weight is 381 g/mol. The number of carbonyl (C=O) groups excluding carboxylic acids is 1. The van der Waals surface area contributed by atoms with Gasteiger partial charge in [-0.15, -0.1) is 0 Å². The van der Waals surface area contributed by atoms with E-state index in [9.17, 15) is 9.18 Å². The van der Waals surface area contributed by atoms with Crippen LogP contribution in [0.1, 0.15) is 42.1 Å². The molecule has 0 saturated carbocycles. The van der Waals surface area contributed by atoms with Gasteiger partial charge in [0, 0.05) is 6.07 Å². The van der Waals surface area contributed by atoms with Crippen LogP contribution in [0.3, 0.4) is 0 Å². The number of methoxy groups -OCH3 is 2.